The van der Waals surface area contributed by atoms with Gasteiger partial charge in [0, 0.05) is 32.5 Å². The van der Waals surface area contributed by atoms with Gasteiger partial charge in [0.2, 0.25) is 0 Å². The maximum atomic E-state index is 10.1. The lowest BCUT2D eigenvalue weighted by Crippen LogP contribution is -2.57. The number of fused-ring (bicyclic) bond motifs is 2. The van der Waals surface area contributed by atoms with Gasteiger partial charge in [0.25, 0.3) is 0 Å². The summed E-state index contributed by atoms with van der Waals surface area (Å²) in [4.78, 5) is 12.4. The smallest absolute Gasteiger partial charge is 0.121 e. The Morgan fingerprint density at radius 1 is 1.45 bits per heavy atom. The van der Waals surface area contributed by atoms with Crippen LogP contribution >= 0.6 is 0 Å². The summed E-state index contributed by atoms with van der Waals surface area (Å²) in [6, 6.07) is 0. The average Bonchev–Trinajstić information content (AvgIpc) is 2.00. The SMILES string of the molecule is O=CCCN1CC2CC(C1)O2. The molecule has 0 N–H and O–H groups in total. The number of hydrogen-bond donors (Lipinski definition) is 0. The number of carbonyl (C=O) groups excluding carboxylic acids is 1. The first-order valence-electron chi connectivity index (χ1n) is 4.20. The molecule has 0 aromatic rings. The second-order valence-corrected chi connectivity index (χ2v) is 3.33. The molecule has 11 heavy (non-hydrogen) atoms. The predicted octanol–water partition coefficient (Wildman–Crippen LogP) is 0.0485. The van der Waals surface area contributed by atoms with Crippen LogP contribution < -0.4 is 0 Å². The number of ether oxygens (including phenoxy) is 1. The molecule has 0 aromatic heterocycles. The largest absolute Gasteiger partial charge is 0.372 e. The first-order valence-corrected chi connectivity index (χ1v) is 4.20. The quantitative estimate of drug-likeness (QED) is 0.539. The number of piperidine rings is 1. The minimum atomic E-state index is 0.473. The Labute approximate surface area is 66.3 Å². The summed E-state index contributed by atoms with van der Waals surface area (Å²) in [5.41, 5.74) is 0. The third kappa shape index (κ3) is 1.44. The first kappa shape index (κ1) is 7.25. The van der Waals surface area contributed by atoms with E-state index in [2.05, 4.69) is 4.90 Å². The molecule has 3 heteroatoms. The van der Waals surface area contributed by atoms with Gasteiger partial charge in [0.1, 0.15) is 6.29 Å². The fourth-order valence-electron chi connectivity index (χ4n) is 1.86. The Morgan fingerprint density at radius 3 is 2.64 bits per heavy atom. The molecule has 3 heterocycles. The molecule has 2 unspecified atom stereocenters. The van der Waals surface area contributed by atoms with E-state index in [4.69, 9.17) is 4.74 Å². The molecule has 0 saturated carbocycles. The Morgan fingerprint density at radius 2 is 2.09 bits per heavy atom. The molecule has 3 aliphatic heterocycles. The third-order valence-electron chi connectivity index (χ3n) is 2.40. The zero-order valence-electron chi connectivity index (χ0n) is 6.53. The van der Waals surface area contributed by atoms with Gasteiger partial charge in [-0.1, -0.05) is 0 Å². The second-order valence-electron chi connectivity index (χ2n) is 3.33. The van der Waals surface area contributed by atoms with Crippen molar-refractivity contribution in [3.8, 4) is 0 Å². The summed E-state index contributed by atoms with van der Waals surface area (Å²) in [6.07, 6.45) is 3.83. The molecule has 3 rings (SSSR count). The van der Waals surface area contributed by atoms with Crippen LogP contribution in [-0.2, 0) is 9.53 Å². The van der Waals surface area contributed by atoms with Crippen LogP contribution in [0.3, 0.4) is 0 Å². The minimum Gasteiger partial charge on any atom is -0.372 e. The number of morpholine rings is 1. The fourth-order valence-corrected chi connectivity index (χ4v) is 1.86. The molecule has 0 aromatic carbocycles. The topological polar surface area (TPSA) is 29.5 Å². The number of nitrogens with zero attached hydrogens (tertiary/aromatic N) is 1. The lowest BCUT2D eigenvalue weighted by molar-refractivity contribution is -0.180. The van der Waals surface area contributed by atoms with Gasteiger partial charge in [-0.2, -0.15) is 0 Å². The van der Waals surface area contributed by atoms with E-state index in [-0.39, 0.29) is 0 Å². The van der Waals surface area contributed by atoms with Crippen LogP contribution in [-0.4, -0.2) is 43.0 Å². The van der Waals surface area contributed by atoms with E-state index in [1.807, 2.05) is 0 Å². The van der Waals surface area contributed by atoms with Crippen LogP contribution in [0, 0.1) is 0 Å². The van der Waals surface area contributed by atoms with Crippen LogP contribution in [0.2, 0.25) is 0 Å². The summed E-state index contributed by atoms with van der Waals surface area (Å²) >= 11 is 0. The number of carbonyl (C=O) groups is 1. The molecule has 3 fully saturated rings. The highest BCUT2D eigenvalue weighted by molar-refractivity contribution is 5.49. The van der Waals surface area contributed by atoms with Gasteiger partial charge < -0.3 is 9.53 Å². The van der Waals surface area contributed by atoms with E-state index >= 15 is 0 Å². The molecular weight excluding hydrogens is 142 g/mol. The fraction of sp³-hybridized carbons (Fsp3) is 0.875. The van der Waals surface area contributed by atoms with Crippen molar-refractivity contribution in [2.45, 2.75) is 25.0 Å². The van der Waals surface area contributed by atoms with E-state index in [0.717, 1.165) is 25.9 Å². The first-order chi connectivity index (χ1) is 5.38. The van der Waals surface area contributed by atoms with Crippen molar-refractivity contribution in [2.75, 3.05) is 19.6 Å². The second kappa shape index (κ2) is 2.91. The standard InChI is InChI=1S/C8H13NO2/c10-3-1-2-9-5-7-4-8(6-9)11-7/h3,7-8H,1-2,4-6H2. The van der Waals surface area contributed by atoms with Crippen LogP contribution in [0.5, 0.6) is 0 Å². The summed E-state index contributed by atoms with van der Waals surface area (Å²) < 4.78 is 5.46. The molecule has 0 spiro atoms. The highest BCUT2D eigenvalue weighted by Crippen LogP contribution is 2.27. The molecule has 62 valence electrons. The van der Waals surface area contributed by atoms with Crippen molar-refractivity contribution in [2.24, 2.45) is 0 Å². The predicted molar refractivity (Wildman–Crippen MR) is 40.4 cm³/mol. The molecule has 0 radical (unpaired) electrons. The Hall–Kier alpha value is -0.410. The average molecular weight is 155 g/mol. The van der Waals surface area contributed by atoms with E-state index < -0.39 is 0 Å². The van der Waals surface area contributed by atoms with E-state index in [1.165, 1.54) is 6.42 Å². The van der Waals surface area contributed by atoms with Crippen molar-refractivity contribution < 1.29 is 9.53 Å². The highest BCUT2D eigenvalue weighted by atomic mass is 16.5. The zero-order valence-corrected chi connectivity index (χ0v) is 6.53. The number of aldehydes is 1. The van der Waals surface area contributed by atoms with Gasteiger partial charge in [-0.25, -0.2) is 0 Å². The van der Waals surface area contributed by atoms with Gasteiger partial charge in [0.15, 0.2) is 0 Å². The molecule has 2 bridgehead atoms. The Balaban J connectivity index is 1.74. The molecule has 3 aliphatic rings. The Kier molecular flexibility index (Phi) is 1.92. The van der Waals surface area contributed by atoms with E-state index in [1.54, 1.807) is 0 Å². The van der Waals surface area contributed by atoms with E-state index in [9.17, 15) is 4.79 Å². The van der Waals surface area contributed by atoms with Crippen LogP contribution in [0.4, 0.5) is 0 Å². The van der Waals surface area contributed by atoms with Crippen molar-refractivity contribution in [3.63, 3.8) is 0 Å². The molecule has 0 aliphatic carbocycles. The lowest BCUT2D eigenvalue weighted by atomic mass is 9.99. The van der Waals surface area contributed by atoms with Gasteiger partial charge in [-0.15, -0.1) is 0 Å². The van der Waals surface area contributed by atoms with Crippen molar-refractivity contribution in [3.05, 3.63) is 0 Å². The zero-order chi connectivity index (χ0) is 7.68. The number of hydrogen-bond acceptors (Lipinski definition) is 3. The number of rotatable bonds is 3. The minimum absolute atomic E-state index is 0.473. The summed E-state index contributed by atoms with van der Waals surface area (Å²) in [5, 5.41) is 0. The molecule has 2 atom stereocenters. The molecular formula is C8H13NO2. The summed E-state index contributed by atoms with van der Waals surface area (Å²) in [5.74, 6) is 0. The molecule has 3 nitrogen and oxygen atoms in total. The van der Waals surface area contributed by atoms with Gasteiger partial charge >= 0.3 is 0 Å². The van der Waals surface area contributed by atoms with Crippen molar-refractivity contribution >= 4 is 6.29 Å². The third-order valence-corrected chi connectivity index (χ3v) is 2.40. The van der Waals surface area contributed by atoms with Crippen LogP contribution in [0.15, 0.2) is 0 Å². The van der Waals surface area contributed by atoms with Crippen molar-refractivity contribution in [1.82, 2.24) is 4.90 Å². The summed E-state index contributed by atoms with van der Waals surface area (Å²) in [6.45, 7) is 2.98. The Bertz CT molecular complexity index is 144. The lowest BCUT2D eigenvalue weighted by Gasteiger charge is -2.47. The van der Waals surface area contributed by atoms with Gasteiger partial charge in [-0.05, 0) is 0 Å². The van der Waals surface area contributed by atoms with Crippen molar-refractivity contribution in [1.29, 1.82) is 0 Å². The highest BCUT2D eigenvalue weighted by Gasteiger charge is 2.37. The van der Waals surface area contributed by atoms with Gasteiger partial charge in [0.05, 0.1) is 12.2 Å². The van der Waals surface area contributed by atoms with Crippen LogP contribution in [0.1, 0.15) is 12.8 Å². The van der Waals surface area contributed by atoms with Crippen LogP contribution in [0.25, 0.3) is 0 Å². The summed E-state index contributed by atoms with van der Waals surface area (Å²) in [7, 11) is 0. The maximum absolute atomic E-state index is 10.1. The van der Waals surface area contributed by atoms with Gasteiger partial charge in [-0.3, -0.25) is 4.90 Å². The molecule has 0 amide bonds. The normalized spacial score (nSPS) is 36.4. The maximum Gasteiger partial charge on any atom is 0.121 e. The van der Waals surface area contributed by atoms with E-state index in [0.29, 0.717) is 18.6 Å². The monoisotopic (exact) mass is 155 g/mol. The molecule has 3 saturated heterocycles.